The van der Waals surface area contributed by atoms with Crippen molar-refractivity contribution in [3.05, 3.63) is 29.8 Å². The second kappa shape index (κ2) is 6.04. The Labute approximate surface area is 125 Å². The van der Waals surface area contributed by atoms with Crippen molar-refractivity contribution in [1.82, 2.24) is 4.72 Å². The summed E-state index contributed by atoms with van der Waals surface area (Å²) in [6.45, 7) is 1.80. The largest absolute Gasteiger partial charge is 0.388 e. The van der Waals surface area contributed by atoms with Crippen molar-refractivity contribution < 1.29 is 21.9 Å². The van der Waals surface area contributed by atoms with E-state index in [9.17, 15) is 21.9 Å². The number of rotatable bonds is 5. The Balaban J connectivity index is 2.20. The van der Waals surface area contributed by atoms with Gasteiger partial charge in [0.1, 0.15) is 0 Å². The first-order valence-electron chi connectivity index (χ1n) is 6.74. The molecule has 0 bridgehead atoms. The van der Waals surface area contributed by atoms with Crippen LogP contribution in [0.2, 0.25) is 0 Å². The molecule has 2 unspecified atom stereocenters. The Morgan fingerprint density at radius 3 is 2.71 bits per heavy atom. The van der Waals surface area contributed by atoms with E-state index in [1.807, 2.05) is 0 Å². The third-order valence-corrected chi connectivity index (χ3v) is 6.78. The van der Waals surface area contributed by atoms with Gasteiger partial charge in [-0.15, -0.1) is 0 Å². The van der Waals surface area contributed by atoms with Crippen LogP contribution in [0.4, 0.5) is 0 Å². The van der Waals surface area contributed by atoms with Crippen LogP contribution in [0.15, 0.2) is 29.2 Å². The quantitative estimate of drug-likeness (QED) is 0.821. The van der Waals surface area contributed by atoms with Gasteiger partial charge in [0.25, 0.3) is 0 Å². The van der Waals surface area contributed by atoms with E-state index in [-0.39, 0.29) is 16.4 Å². The minimum atomic E-state index is -3.78. The molecule has 2 rings (SSSR count). The van der Waals surface area contributed by atoms with Crippen LogP contribution in [-0.4, -0.2) is 39.5 Å². The van der Waals surface area contributed by atoms with E-state index in [1.54, 1.807) is 19.1 Å². The highest BCUT2D eigenvalue weighted by Gasteiger charge is 2.31. The molecule has 0 amide bonds. The lowest BCUT2D eigenvalue weighted by Crippen LogP contribution is -2.35. The summed E-state index contributed by atoms with van der Waals surface area (Å²) in [5, 5.41) is 9.78. The van der Waals surface area contributed by atoms with Crippen LogP contribution in [0, 0.1) is 0 Å². The molecule has 0 aliphatic carbocycles. The van der Waals surface area contributed by atoms with E-state index in [2.05, 4.69) is 4.72 Å². The Morgan fingerprint density at radius 2 is 2.14 bits per heavy atom. The third kappa shape index (κ3) is 4.03. The fraction of sp³-hybridized carbons (Fsp3) is 0.538. The summed E-state index contributed by atoms with van der Waals surface area (Å²) in [6, 6.07) is 5.48. The van der Waals surface area contributed by atoms with Crippen molar-refractivity contribution in [2.24, 2.45) is 0 Å². The summed E-state index contributed by atoms with van der Waals surface area (Å²) in [6.07, 6.45) is 0.0587. The van der Waals surface area contributed by atoms with Crippen molar-refractivity contribution in [2.45, 2.75) is 36.8 Å². The van der Waals surface area contributed by atoms with E-state index in [4.69, 9.17) is 0 Å². The summed E-state index contributed by atoms with van der Waals surface area (Å²) in [4.78, 5) is 0.0387. The zero-order valence-electron chi connectivity index (χ0n) is 11.7. The number of hydrogen-bond acceptors (Lipinski definition) is 5. The van der Waals surface area contributed by atoms with Crippen LogP contribution in [0.1, 0.15) is 31.4 Å². The van der Waals surface area contributed by atoms with Crippen molar-refractivity contribution in [1.29, 1.82) is 0 Å². The standard InChI is InChI=1S/C13H19NO5S2/c1-2-13(15)10-4-3-5-12(8-10)21(18,19)14-11-6-7-20(16,17)9-11/h3-5,8,11,13-15H,2,6-7,9H2,1H3. The zero-order valence-corrected chi connectivity index (χ0v) is 13.3. The molecule has 2 atom stereocenters. The molecule has 1 aliphatic rings. The van der Waals surface area contributed by atoms with E-state index >= 15 is 0 Å². The van der Waals surface area contributed by atoms with Crippen molar-refractivity contribution in [3.63, 3.8) is 0 Å². The molecule has 6 nitrogen and oxygen atoms in total. The Bertz CT molecular complexity index is 712. The molecule has 1 aromatic rings. The van der Waals surface area contributed by atoms with Gasteiger partial charge in [-0.05, 0) is 30.5 Å². The normalized spacial score (nSPS) is 23.0. The first kappa shape index (κ1) is 16.4. The van der Waals surface area contributed by atoms with Crippen LogP contribution in [0.5, 0.6) is 0 Å². The summed E-state index contributed by atoms with van der Waals surface area (Å²) in [7, 11) is -6.93. The predicted molar refractivity (Wildman–Crippen MR) is 79.1 cm³/mol. The number of hydrogen-bond donors (Lipinski definition) is 2. The predicted octanol–water partition coefficient (Wildman–Crippen LogP) is 0.595. The van der Waals surface area contributed by atoms with E-state index in [1.165, 1.54) is 12.1 Å². The average molecular weight is 333 g/mol. The maximum atomic E-state index is 12.3. The lowest BCUT2D eigenvalue weighted by atomic mass is 10.1. The summed E-state index contributed by atoms with van der Waals surface area (Å²) in [5.41, 5.74) is 0.527. The fourth-order valence-corrected chi connectivity index (χ4v) is 5.40. The van der Waals surface area contributed by atoms with Gasteiger partial charge in [-0.3, -0.25) is 0 Å². The number of sulfone groups is 1. The molecular formula is C13H19NO5S2. The molecule has 0 aromatic heterocycles. The highest BCUT2D eigenvalue weighted by molar-refractivity contribution is 7.92. The molecule has 8 heteroatoms. The molecule has 1 aliphatic heterocycles. The number of aliphatic hydroxyl groups excluding tert-OH is 1. The lowest BCUT2D eigenvalue weighted by molar-refractivity contribution is 0.173. The molecular weight excluding hydrogens is 314 g/mol. The van der Waals surface area contributed by atoms with Crippen LogP contribution in [-0.2, 0) is 19.9 Å². The molecule has 0 radical (unpaired) electrons. The molecule has 1 heterocycles. The SMILES string of the molecule is CCC(O)c1cccc(S(=O)(=O)NC2CCS(=O)(=O)C2)c1. The first-order valence-corrected chi connectivity index (χ1v) is 10.0. The number of aliphatic hydroxyl groups is 1. The summed E-state index contributed by atoms with van der Waals surface area (Å²) >= 11 is 0. The van der Waals surface area contributed by atoms with Crippen LogP contribution in [0.3, 0.4) is 0 Å². The minimum absolute atomic E-state index is 0.00871. The van der Waals surface area contributed by atoms with Crippen LogP contribution in [0.25, 0.3) is 0 Å². The van der Waals surface area contributed by atoms with E-state index < -0.39 is 32.0 Å². The molecule has 1 aromatic carbocycles. The van der Waals surface area contributed by atoms with Gasteiger partial charge in [0, 0.05) is 6.04 Å². The average Bonchev–Trinajstić information content (AvgIpc) is 2.76. The van der Waals surface area contributed by atoms with Gasteiger partial charge in [0.15, 0.2) is 9.84 Å². The van der Waals surface area contributed by atoms with Gasteiger partial charge in [0.05, 0.1) is 22.5 Å². The monoisotopic (exact) mass is 333 g/mol. The molecule has 1 saturated heterocycles. The van der Waals surface area contributed by atoms with E-state index in [0.717, 1.165) is 0 Å². The Morgan fingerprint density at radius 1 is 1.43 bits per heavy atom. The van der Waals surface area contributed by atoms with Gasteiger partial charge in [-0.25, -0.2) is 21.6 Å². The molecule has 2 N–H and O–H groups in total. The number of benzene rings is 1. The second-order valence-electron chi connectivity index (χ2n) is 5.22. The van der Waals surface area contributed by atoms with Gasteiger partial charge >= 0.3 is 0 Å². The molecule has 0 saturated carbocycles. The maximum Gasteiger partial charge on any atom is 0.240 e. The summed E-state index contributed by atoms with van der Waals surface area (Å²) < 4.78 is 49.7. The molecule has 1 fully saturated rings. The number of nitrogens with one attached hydrogen (secondary N) is 1. The number of sulfonamides is 1. The highest BCUT2D eigenvalue weighted by Crippen LogP contribution is 2.21. The first-order chi connectivity index (χ1) is 9.73. The van der Waals surface area contributed by atoms with Gasteiger partial charge in [-0.1, -0.05) is 19.1 Å². The topological polar surface area (TPSA) is 101 Å². The lowest BCUT2D eigenvalue weighted by Gasteiger charge is -2.14. The van der Waals surface area contributed by atoms with E-state index in [0.29, 0.717) is 18.4 Å². The second-order valence-corrected chi connectivity index (χ2v) is 9.16. The molecule has 0 spiro atoms. The van der Waals surface area contributed by atoms with Gasteiger partial charge < -0.3 is 5.11 Å². The Hall–Kier alpha value is -0.960. The zero-order chi connectivity index (χ0) is 15.7. The molecule has 21 heavy (non-hydrogen) atoms. The van der Waals surface area contributed by atoms with Crippen molar-refractivity contribution >= 4 is 19.9 Å². The van der Waals surface area contributed by atoms with Crippen LogP contribution >= 0.6 is 0 Å². The minimum Gasteiger partial charge on any atom is -0.388 e. The highest BCUT2D eigenvalue weighted by atomic mass is 32.2. The Kier molecular flexibility index (Phi) is 4.72. The van der Waals surface area contributed by atoms with Gasteiger partial charge in [0.2, 0.25) is 10.0 Å². The van der Waals surface area contributed by atoms with Crippen molar-refractivity contribution in [2.75, 3.05) is 11.5 Å². The van der Waals surface area contributed by atoms with Crippen molar-refractivity contribution in [3.8, 4) is 0 Å². The maximum absolute atomic E-state index is 12.3. The molecule has 118 valence electrons. The van der Waals surface area contributed by atoms with Crippen LogP contribution < -0.4 is 4.72 Å². The van der Waals surface area contributed by atoms with Gasteiger partial charge in [-0.2, -0.15) is 0 Å². The summed E-state index contributed by atoms with van der Waals surface area (Å²) in [5.74, 6) is -0.154. The fourth-order valence-electron chi connectivity index (χ4n) is 2.30. The third-order valence-electron chi connectivity index (χ3n) is 3.49. The smallest absolute Gasteiger partial charge is 0.240 e.